The van der Waals surface area contributed by atoms with Gasteiger partial charge in [0.25, 0.3) is 11.6 Å². The second-order valence-corrected chi connectivity index (χ2v) is 5.30. The molecule has 1 amide bonds. The Morgan fingerprint density at radius 3 is 2.64 bits per heavy atom. The van der Waals surface area contributed by atoms with Crippen molar-refractivity contribution in [2.75, 3.05) is 6.61 Å². The van der Waals surface area contributed by atoms with Gasteiger partial charge in [0.2, 0.25) is 0 Å². The first-order valence-electron chi connectivity index (χ1n) is 7.37. The first-order chi connectivity index (χ1) is 11.9. The van der Waals surface area contributed by atoms with Crippen LogP contribution in [-0.4, -0.2) is 28.8 Å². The third-order valence-electron chi connectivity index (χ3n) is 3.37. The van der Waals surface area contributed by atoms with Gasteiger partial charge in [0.05, 0.1) is 11.1 Å². The number of nitro groups is 1. The second kappa shape index (κ2) is 7.91. The molecule has 8 nitrogen and oxygen atoms in total. The first kappa shape index (κ1) is 17.9. The largest absolute Gasteiger partial charge is 0.507 e. The van der Waals surface area contributed by atoms with E-state index in [0.717, 1.165) is 23.4 Å². The standard InChI is InChI=1S/C17H17N3O5/c1-11-4-3-5-12(2)17(11)25-10-16(22)19-18-9-13-8-14(20(23)24)6-7-15(13)21/h3-9,21H,10H2,1-2H3,(H,19,22)/b18-9-. The van der Waals surface area contributed by atoms with Gasteiger partial charge < -0.3 is 9.84 Å². The van der Waals surface area contributed by atoms with E-state index in [1.165, 1.54) is 12.1 Å². The van der Waals surface area contributed by atoms with Crippen molar-refractivity contribution in [2.45, 2.75) is 13.8 Å². The molecule has 0 aliphatic heterocycles. The fourth-order valence-corrected chi connectivity index (χ4v) is 2.13. The lowest BCUT2D eigenvalue weighted by Gasteiger charge is -2.10. The number of amides is 1. The maximum Gasteiger partial charge on any atom is 0.277 e. The van der Waals surface area contributed by atoms with Gasteiger partial charge in [-0.25, -0.2) is 5.43 Å². The Labute approximate surface area is 143 Å². The van der Waals surface area contributed by atoms with Gasteiger partial charge in [-0.15, -0.1) is 0 Å². The van der Waals surface area contributed by atoms with Crippen LogP contribution < -0.4 is 10.2 Å². The number of aromatic hydroxyl groups is 1. The van der Waals surface area contributed by atoms with Crippen LogP contribution in [0.2, 0.25) is 0 Å². The number of hydrogen-bond donors (Lipinski definition) is 2. The van der Waals surface area contributed by atoms with Gasteiger partial charge in [-0.05, 0) is 31.0 Å². The maximum absolute atomic E-state index is 11.8. The van der Waals surface area contributed by atoms with Crippen LogP contribution in [0.3, 0.4) is 0 Å². The molecule has 130 valence electrons. The summed E-state index contributed by atoms with van der Waals surface area (Å²) in [6.45, 7) is 3.52. The predicted molar refractivity (Wildman–Crippen MR) is 91.9 cm³/mol. The van der Waals surface area contributed by atoms with Gasteiger partial charge >= 0.3 is 0 Å². The number of phenolic OH excluding ortho intramolecular Hbond substituents is 1. The summed E-state index contributed by atoms with van der Waals surface area (Å²) in [6, 6.07) is 9.16. The van der Waals surface area contributed by atoms with Crippen molar-refractivity contribution in [3.63, 3.8) is 0 Å². The number of phenols is 1. The van der Waals surface area contributed by atoms with Crippen LogP contribution >= 0.6 is 0 Å². The molecule has 0 aliphatic rings. The number of ether oxygens (including phenoxy) is 1. The van der Waals surface area contributed by atoms with Gasteiger partial charge in [-0.3, -0.25) is 14.9 Å². The molecule has 0 saturated heterocycles. The average Bonchev–Trinajstić information content (AvgIpc) is 2.56. The minimum atomic E-state index is -0.590. The topological polar surface area (TPSA) is 114 Å². The molecule has 0 fully saturated rings. The average molecular weight is 343 g/mol. The van der Waals surface area contributed by atoms with E-state index in [1.54, 1.807) is 0 Å². The molecule has 25 heavy (non-hydrogen) atoms. The van der Waals surface area contributed by atoms with Crippen molar-refractivity contribution >= 4 is 17.8 Å². The van der Waals surface area contributed by atoms with Gasteiger partial charge in [0.15, 0.2) is 6.61 Å². The fourth-order valence-electron chi connectivity index (χ4n) is 2.13. The van der Waals surface area contributed by atoms with Gasteiger partial charge in [0, 0.05) is 17.7 Å². The molecule has 0 bridgehead atoms. The van der Waals surface area contributed by atoms with Crippen molar-refractivity contribution in [3.05, 3.63) is 63.2 Å². The number of nitrogens with zero attached hydrogens (tertiary/aromatic N) is 2. The number of non-ortho nitro benzene ring substituents is 1. The highest BCUT2D eigenvalue weighted by Crippen LogP contribution is 2.22. The quantitative estimate of drug-likeness (QED) is 0.475. The highest BCUT2D eigenvalue weighted by atomic mass is 16.6. The van der Waals surface area contributed by atoms with Crippen molar-refractivity contribution in [3.8, 4) is 11.5 Å². The van der Waals surface area contributed by atoms with Crippen LogP contribution in [0, 0.1) is 24.0 Å². The lowest BCUT2D eigenvalue weighted by Crippen LogP contribution is -2.25. The summed E-state index contributed by atoms with van der Waals surface area (Å²) in [7, 11) is 0. The molecule has 2 aromatic rings. The van der Waals surface area contributed by atoms with E-state index in [9.17, 15) is 20.0 Å². The summed E-state index contributed by atoms with van der Waals surface area (Å²) >= 11 is 0. The number of nitrogens with one attached hydrogen (secondary N) is 1. The Bertz CT molecular complexity index is 813. The summed E-state index contributed by atoms with van der Waals surface area (Å²) in [5.74, 6) is -0.0443. The van der Waals surface area contributed by atoms with Crippen LogP contribution in [0.25, 0.3) is 0 Å². The Hall–Kier alpha value is -3.42. The zero-order valence-corrected chi connectivity index (χ0v) is 13.7. The molecule has 0 heterocycles. The van der Waals surface area contributed by atoms with Gasteiger partial charge in [-0.1, -0.05) is 18.2 Å². The van der Waals surface area contributed by atoms with E-state index in [4.69, 9.17) is 4.74 Å². The van der Waals surface area contributed by atoms with Crippen LogP contribution in [0.5, 0.6) is 11.5 Å². The van der Waals surface area contributed by atoms with E-state index in [0.29, 0.717) is 5.75 Å². The van der Waals surface area contributed by atoms with Gasteiger partial charge in [-0.2, -0.15) is 5.10 Å². The highest BCUT2D eigenvalue weighted by molar-refractivity contribution is 5.86. The summed E-state index contributed by atoms with van der Waals surface area (Å²) in [5, 5.41) is 24.0. The van der Waals surface area contributed by atoms with Crippen LogP contribution in [0.4, 0.5) is 5.69 Å². The molecular formula is C17H17N3O5. The number of rotatable bonds is 6. The summed E-state index contributed by atoms with van der Waals surface area (Å²) in [5.41, 5.74) is 4.00. The smallest absolute Gasteiger partial charge is 0.277 e. The Balaban J connectivity index is 1.95. The van der Waals surface area contributed by atoms with E-state index in [-0.39, 0.29) is 23.6 Å². The number of hydrogen-bond acceptors (Lipinski definition) is 6. The maximum atomic E-state index is 11.8. The van der Waals surface area contributed by atoms with Crippen molar-refractivity contribution in [1.82, 2.24) is 5.43 Å². The van der Waals surface area contributed by atoms with E-state index < -0.39 is 10.8 Å². The number of para-hydroxylation sites is 1. The van der Waals surface area contributed by atoms with E-state index >= 15 is 0 Å². The van der Waals surface area contributed by atoms with Gasteiger partial charge in [0.1, 0.15) is 11.5 Å². The minimum Gasteiger partial charge on any atom is -0.507 e. The van der Waals surface area contributed by atoms with Crippen molar-refractivity contribution in [1.29, 1.82) is 0 Å². The zero-order chi connectivity index (χ0) is 18.4. The zero-order valence-electron chi connectivity index (χ0n) is 13.7. The molecule has 0 aromatic heterocycles. The lowest BCUT2D eigenvalue weighted by atomic mass is 10.1. The highest BCUT2D eigenvalue weighted by Gasteiger charge is 2.09. The molecule has 0 radical (unpaired) electrons. The number of aryl methyl sites for hydroxylation is 2. The van der Waals surface area contributed by atoms with Crippen LogP contribution in [-0.2, 0) is 4.79 Å². The Morgan fingerprint density at radius 2 is 2.00 bits per heavy atom. The molecule has 0 spiro atoms. The summed E-state index contributed by atoms with van der Waals surface area (Å²) in [4.78, 5) is 21.9. The fraction of sp³-hybridized carbons (Fsp3) is 0.176. The predicted octanol–water partition coefficient (Wildman–Crippen LogP) is 2.45. The molecular weight excluding hydrogens is 326 g/mol. The van der Waals surface area contributed by atoms with Crippen LogP contribution in [0.1, 0.15) is 16.7 Å². The van der Waals surface area contributed by atoms with Crippen LogP contribution in [0.15, 0.2) is 41.5 Å². The molecule has 2 rings (SSSR count). The molecule has 2 N–H and O–H groups in total. The Kier molecular flexibility index (Phi) is 5.67. The van der Waals surface area contributed by atoms with Crippen molar-refractivity contribution in [2.24, 2.45) is 5.10 Å². The third kappa shape index (κ3) is 4.77. The summed E-state index contributed by atoms with van der Waals surface area (Å²) in [6.07, 6.45) is 1.12. The first-order valence-corrected chi connectivity index (χ1v) is 7.37. The molecule has 8 heteroatoms. The normalized spacial score (nSPS) is 10.6. The summed E-state index contributed by atoms with van der Waals surface area (Å²) < 4.78 is 5.48. The molecule has 0 saturated carbocycles. The Morgan fingerprint density at radius 1 is 1.32 bits per heavy atom. The number of hydrazone groups is 1. The number of nitro benzene ring substituents is 1. The second-order valence-electron chi connectivity index (χ2n) is 5.30. The number of carbonyl (C=O) groups excluding carboxylic acids is 1. The molecule has 0 aliphatic carbocycles. The molecule has 0 atom stereocenters. The third-order valence-corrected chi connectivity index (χ3v) is 3.37. The SMILES string of the molecule is Cc1cccc(C)c1OCC(=O)N/N=C\c1cc([N+](=O)[O-])ccc1O. The van der Waals surface area contributed by atoms with E-state index in [1.807, 2.05) is 32.0 Å². The van der Waals surface area contributed by atoms with Crippen molar-refractivity contribution < 1.29 is 19.6 Å². The molecule has 0 unspecified atom stereocenters. The minimum absolute atomic E-state index is 0.116. The number of benzene rings is 2. The monoisotopic (exact) mass is 343 g/mol. The lowest BCUT2D eigenvalue weighted by molar-refractivity contribution is -0.384. The number of carbonyl (C=O) groups is 1. The molecule has 2 aromatic carbocycles. The van der Waals surface area contributed by atoms with E-state index in [2.05, 4.69) is 10.5 Å².